The molecule has 128 valence electrons. The largest absolute Gasteiger partial charge is 0.414 e. The number of carbonyl (C=O) groups is 1. The molecule has 1 aromatic rings. The summed E-state index contributed by atoms with van der Waals surface area (Å²) in [6, 6.07) is 1.11. The minimum atomic E-state index is -4.60. The number of carbonyl (C=O) groups excluding carboxylic acids is 1. The van der Waals surface area contributed by atoms with Gasteiger partial charge in [-0.05, 0) is 44.8 Å². The first-order valence-corrected chi connectivity index (χ1v) is 7.35. The average Bonchev–Trinajstić information content (AvgIpc) is 2.53. The first-order valence-electron chi connectivity index (χ1n) is 7.35. The molecule has 1 amide bonds. The van der Waals surface area contributed by atoms with Gasteiger partial charge in [-0.25, -0.2) is 9.97 Å². The molecule has 0 radical (unpaired) electrons. The summed E-state index contributed by atoms with van der Waals surface area (Å²) in [5.74, 6) is -0.947. The van der Waals surface area contributed by atoms with Crippen LogP contribution in [0.5, 0.6) is 0 Å². The summed E-state index contributed by atoms with van der Waals surface area (Å²) in [6.45, 7) is 2.32. The lowest BCUT2D eigenvalue weighted by atomic mass is 9.90. The third-order valence-electron chi connectivity index (χ3n) is 4.08. The van der Waals surface area contributed by atoms with Gasteiger partial charge in [-0.3, -0.25) is 15.0 Å². The van der Waals surface area contributed by atoms with E-state index in [1.54, 1.807) is 17.9 Å². The van der Waals surface area contributed by atoms with E-state index in [9.17, 15) is 23.1 Å². The third kappa shape index (κ3) is 4.61. The number of alkyl halides is 3. The van der Waals surface area contributed by atoms with E-state index < -0.39 is 24.2 Å². The quantitative estimate of drug-likeness (QED) is 0.872. The second-order valence-corrected chi connectivity index (χ2v) is 5.60. The predicted octanol–water partition coefficient (Wildman–Crippen LogP) is 1.44. The number of rotatable bonds is 4. The molecule has 1 aromatic heterocycles. The zero-order valence-corrected chi connectivity index (χ0v) is 12.6. The molecule has 0 aliphatic carbocycles. The number of aliphatic hydroxyl groups is 1. The summed E-state index contributed by atoms with van der Waals surface area (Å²) >= 11 is 0. The lowest BCUT2D eigenvalue weighted by Gasteiger charge is -2.37. The number of nitrogens with one attached hydrogen (secondary N) is 1. The second-order valence-electron chi connectivity index (χ2n) is 5.60. The highest BCUT2D eigenvalue weighted by molar-refractivity contribution is 5.93. The Hall–Kier alpha value is -1.74. The van der Waals surface area contributed by atoms with Gasteiger partial charge in [-0.1, -0.05) is 0 Å². The van der Waals surface area contributed by atoms with Crippen molar-refractivity contribution in [2.45, 2.75) is 38.1 Å². The highest BCUT2D eigenvalue weighted by atomic mass is 19.4. The Morgan fingerprint density at radius 2 is 1.91 bits per heavy atom. The zero-order chi connectivity index (χ0) is 17.0. The van der Waals surface area contributed by atoms with Crippen LogP contribution in [0.4, 0.5) is 19.1 Å². The predicted molar refractivity (Wildman–Crippen MR) is 76.5 cm³/mol. The Morgan fingerprint density at radius 1 is 1.35 bits per heavy atom. The van der Waals surface area contributed by atoms with Crippen LogP contribution >= 0.6 is 0 Å². The number of aliphatic hydroxyl groups excluding tert-OH is 1. The summed E-state index contributed by atoms with van der Waals surface area (Å²) in [5.41, 5.74) is 0. The zero-order valence-electron chi connectivity index (χ0n) is 12.6. The number of hydrogen-bond donors (Lipinski definition) is 2. The Balaban J connectivity index is 1.86. The van der Waals surface area contributed by atoms with Crippen LogP contribution < -0.4 is 5.32 Å². The maximum atomic E-state index is 12.5. The van der Waals surface area contributed by atoms with Crippen LogP contribution in [-0.4, -0.2) is 57.3 Å². The number of hydrogen-bond acceptors (Lipinski definition) is 5. The molecule has 1 aliphatic heterocycles. The summed E-state index contributed by atoms with van der Waals surface area (Å²) < 4.78 is 37.6. The van der Waals surface area contributed by atoms with Crippen LogP contribution in [0.1, 0.15) is 19.8 Å². The van der Waals surface area contributed by atoms with Gasteiger partial charge in [0.2, 0.25) is 11.9 Å². The fourth-order valence-corrected chi connectivity index (χ4v) is 2.63. The molecule has 9 heteroatoms. The van der Waals surface area contributed by atoms with Gasteiger partial charge >= 0.3 is 6.18 Å². The van der Waals surface area contributed by atoms with Gasteiger partial charge in [0.25, 0.3) is 0 Å². The molecule has 2 N–H and O–H groups in total. The number of halogens is 3. The molecule has 1 saturated heterocycles. The van der Waals surface area contributed by atoms with Crippen LogP contribution in [0.15, 0.2) is 18.5 Å². The van der Waals surface area contributed by atoms with Crippen molar-refractivity contribution in [3.8, 4) is 0 Å². The van der Waals surface area contributed by atoms with E-state index in [0.29, 0.717) is 13.1 Å². The maximum absolute atomic E-state index is 12.5. The van der Waals surface area contributed by atoms with Crippen molar-refractivity contribution in [2.75, 3.05) is 18.4 Å². The Kier molecular flexibility index (Phi) is 5.53. The minimum absolute atomic E-state index is 0.187. The molecule has 2 atom stereocenters. The summed E-state index contributed by atoms with van der Waals surface area (Å²) in [6.07, 6.45) is -3.51. The molecule has 6 nitrogen and oxygen atoms in total. The number of anilines is 1. The van der Waals surface area contributed by atoms with Crippen LogP contribution in [0.3, 0.4) is 0 Å². The van der Waals surface area contributed by atoms with E-state index in [4.69, 9.17) is 0 Å². The number of piperidine rings is 1. The number of nitrogens with zero attached hydrogens (tertiary/aromatic N) is 3. The Labute approximate surface area is 131 Å². The average molecular weight is 332 g/mol. The van der Waals surface area contributed by atoms with Crippen molar-refractivity contribution in [2.24, 2.45) is 5.92 Å². The van der Waals surface area contributed by atoms with Gasteiger partial charge in [-0.2, -0.15) is 13.2 Å². The molecular weight excluding hydrogens is 313 g/mol. The van der Waals surface area contributed by atoms with Gasteiger partial charge in [-0.15, -0.1) is 0 Å². The minimum Gasteiger partial charge on any atom is -0.383 e. The Bertz CT molecular complexity index is 519. The van der Waals surface area contributed by atoms with E-state index in [1.165, 1.54) is 12.4 Å². The summed E-state index contributed by atoms with van der Waals surface area (Å²) in [4.78, 5) is 21.7. The molecule has 0 aromatic carbocycles. The molecule has 2 heterocycles. The van der Waals surface area contributed by atoms with E-state index in [1.807, 2.05) is 0 Å². The second kappa shape index (κ2) is 7.22. The van der Waals surface area contributed by atoms with Crippen molar-refractivity contribution in [3.05, 3.63) is 18.5 Å². The van der Waals surface area contributed by atoms with Crippen LogP contribution in [0.2, 0.25) is 0 Å². The highest BCUT2D eigenvalue weighted by Crippen LogP contribution is 2.32. The van der Waals surface area contributed by atoms with Crippen molar-refractivity contribution < 1.29 is 23.1 Å². The van der Waals surface area contributed by atoms with Crippen molar-refractivity contribution in [3.63, 3.8) is 0 Å². The van der Waals surface area contributed by atoms with E-state index in [0.717, 1.165) is 0 Å². The fourth-order valence-electron chi connectivity index (χ4n) is 2.63. The molecule has 1 fully saturated rings. The lowest BCUT2D eigenvalue weighted by molar-refractivity contribution is -0.223. The van der Waals surface area contributed by atoms with Gasteiger partial charge < -0.3 is 5.11 Å². The van der Waals surface area contributed by atoms with Gasteiger partial charge in [0.1, 0.15) is 0 Å². The topological polar surface area (TPSA) is 78.4 Å². The summed E-state index contributed by atoms with van der Waals surface area (Å²) in [7, 11) is 0. The van der Waals surface area contributed by atoms with Crippen LogP contribution in [0.25, 0.3) is 0 Å². The lowest BCUT2D eigenvalue weighted by Crippen LogP contribution is -2.49. The van der Waals surface area contributed by atoms with E-state index in [-0.39, 0.29) is 24.7 Å². The SMILES string of the molecule is CC(C(=O)Nc1ncccn1)N1CCC(C(O)C(F)(F)F)CC1. The monoisotopic (exact) mass is 332 g/mol. The third-order valence-corrected chi connectivity index (χ3v) is 4.08. The summed E-state index contributed by atoms with van der Waals surface area (Å²) in [5, 5.41) is 11.9. The molecule has 0 spiro atoms. The first kappa shape index (κ1) is 17.6. The number of likely N-dealkylation sites (tertiary alicyclic amines) is 1. The fraction of sp³-hybridized carbons (Fsp3) is 0.643. The van der Waals surface area contributed by atoms with E-state index >= 15 is 0 Å². The first-order chi connectivity index (χ1) is 10.8. The molecule has 2 unspecified atom stereocenters. The normalized spacial score (nSPS) is 20.0. The molecule has 23 heavy (non-hydrogen) atoms. The van der Waals surface area contributed by atoms with Crippen LogP contribution in [0, 0.1) is 5.92 Å². The van der Waals surface area contributed by atoms with Gasteiger partial charge in [0.05, 0.1) is 6.04 Å². The smallest absolute Gasteiger partial charge is 0.383 e. The maximum Gasteiger partial charge on any atom is 0.414 e. The number of aromatic nitrogens is 2. The van der Waals surface area contributed by atoms with Crippen molar-refractivity contribution >= 4 is 11.9 Å². The van der Waals surface area contributed by atoms with Crippen LogP contribution in [-0.2, 0) is 4.79 Å². The molecule has 0 saturated carbocycles. The van der Waals surface area contributed by atoms with Gasteiger partial charge in [0.15, 0.2) is 6.10 Å². The Morgan fingerprint density at radius 3 is 2.43 bits per heavy atom. The van der Waals surface area contributed by atoms with Crippen molar-refractivity contribution in [1.29, 1.82) is 0 Å². The molecule has 2 rings (SSSR count). The molecular formula is C14H19F3N4O2. The molecule has 1 aliphatic rings. The standard InChI is InChI=1S/C14H19F3N4O2/c1-9(12(23)20-13-18-5-2-6-19-13)21-7-3-10(4-8-21)11(22)14(15,16)17/h2,5-6,9-11,22H,3-4,7-8H2,1H3,(H,18,19,20,23). The van der Waals surface area contributed by atoms with Gasteiger partial charge in [0, 0.05) is 12.4 Å². The molecule has 0 bridgehead atoms. The highest BCUT2D eigenvalue weighted by Gasteiger charge is 2.44. The van der Waals surface area contributed by atoms with Crippen molar-refractivity contribution in [1.82, 2.24) is 14.9 Å². The number of amides is 1. The van der Waals surface area contributed by atoms with E-state index in [2.05, 4.69) is 15.3 Å².